The van der Waals surface area contributed by atoms with Crippen molar-refractivity contribution in [3.8, 4) is 34.5 Å². The molecule has 0 heterocycles. The number of carboxylic acid groups (broad SMARTS) is 1. The normalized spacial score (nSPS) is 11.5. The van der Waals surface area contributed by atoms with Crippen molar-refractivity contribution in [3.05, 3.63) is 82.9 Å². The van der Waals surface area contributed by atoms with Crippen molar-refractivity contribution in [3.63, 3.8) is 0 Å². The number of rotatable bonds is 6. The zero-order valence-corrected chi connectivity index (χ0v) is 18.8. The summed E-state index contributed by atoms with van der Waals surface area (Å²) in [6.45, 7) is 0.191. The maximum atomic E-state index is 12.3. The maximum Gasteiger partial charge on any atom is 0.407 e. The number of benzene rings is 3. The van der Waals surface area contributed by atoms with Crippen LogP contribution < -0.4 is 14.8 Å². The maximum absolute atomic E-state index is 12.3. The Kier molecular flexibility index (Phi) is 6.69. The van der Waals surface area contributed by atoms with Gasteiger partial charge in [-0.3, -0.25) is 0 Å². The number of hydrogen-bond donors (Lipinski definition) is 2. The third-order valence-corrected chi connectivity index (χ3v) is 5.64. The Morgan fingerprint density at radius 2 is 1.53 bits per heavy atom. The lowest BCUT2D eigenvalue weighted by Gasteiger charge is -2.14. The molecule has 0 aromatic heterocycles. The fourth-order valence-corrected chi connectivity index (χ4v) is 4.06. The van der Waals surface area contributed by atoms with E-state index in [2.05, 4.69) is 41.4 Å². The first-order valence-electron chi connectivity index (χ1n) is 10.6. The van der Waals surface area contributed by atoms with Crippen molar-refractivity contribution in [1.82, 2.24) is 5.32 Å². The highest BCUT2D eigenvalue weighted by Crippen LogP contribution is 2.44. The van der Waals surface area contributed by atoms with Crippen LogP contribution in [0.2, 0.25) is 0 Å². The standard InChI is InChI=1S/C27H23NO6/c1-32-24-14-17(22(26(29)30)15-25(24)33-2)8-7-13-28-27(31)34-16-23-20-11-5-3-9-18(20)19-10-4-6-12-21(19)23/h3-6,9-12,14-15,23H,13,16H2,1-2H3,(H,28,31)(H,29,30). The summed E-state index contributed by atoms with van der Waals surface area (Å²) >= 11 is 0. The van der Waals surface area contributed by atoms with Crippen molar-refractivity contribution < 1.29 is 28.9 Å². The number of ether oxygens (including phenoxy) is 3. The SMILES string of the molecule is COc1cc(C#CCNC(=O)OCC2c3ccccc3-c3ccccc32)c(C(=O)O)cc1OC. The molecule has 0 radical (unpaired) electrons. The molecule has 7 nitrogen and oxygen atoms in total. The molecule has 3 aromatic carbocycles. The first kappa shape index (κ1) is 22.7. The zero-order valence-electron chi connectivity index (χ0n) is 18.8. The van der Waals surface area contributed by atoms with E-state index in [-0.39, 0.29) is 30.2 Å². The molecule has 1 aliphatic carbocycles. The third kappa shape index (κ3) is 4.52. The fraction of sp³-hybridized carbons (Fsp3) is 0.185. The van der Waals surface area contributed by atoms with Crippen molar-refractivity contribution in [2.75, 3.05) is 27.4 Å². The summed E-state index contributed by atoms with van der Waals surface area (Å²) in [5, 5.41) is 12.0. The van der Waals surface area contributed by atoms with Crippen molar-refractivity contribution in [2.45, 2.75) is 5.92 Å². The van der Waals surface area contributed by atoms with E-state index in [0.717, 1.165) is 22.3 Å². The van der Waals surface area contributed by atoms with Gasteiger partial charge in [0.25, 0.3) is 0 Å². The van der Waals surface area contributed by atoms with E-state index in [1.165, 1.54) is 26.4 Å². The molecular weight excluding hydrogens is 434 g/mol. The number of carbonyl (C=O) groups is 2. The zero-order chi connectivity index (χ0) is 24.1. The average molecular weight is 457 g/mol. The summed E-state index contributed by atoms with van der Waals surface area (Å²) in [5.74, 6) is 5.00. The second-order valence-electron chi connectivity index (χ2n) is 7.54. The molecule has 1 amide bonds. The summed E-state index contributed by atoms with van der Waals surface area (Å²) in [6.07, 6.45) is -0.595. The number of carbonyl (C=O) groups excluding carboxylic acids is 1. The lowest BCUT2D eigenvalue weighted by molar-refractivity contribution is 0.0696. The van der Waals surface area contributed by atoms with E-state index in [1.807, 2.05) is 24.3 Å². The second-order valence-corrected chi connectivity index (χ2v) is 7.54. The van der Waals surface area contributed by atoms with E-state index >= 15 is 0 Å². The molecule has 2 N–H and O–H groups in total. The molecular formula is C27H23NO6. The van der Waals surface area contributed by atoms with Crippen molar-refractivity contribution in [2.24, 2.45) is 0 Å². The molecule has 0 bridgehead atoms. The number of alkyl carbamates (subject to hydrolysis) is 1. The topological polar surface area (TPSA) is 94.1 Å². The number of methoxy groups -OCH3 is 2. The van der Waals surface area contributed by atoms with Gasteiger partial charge < -0.3 is 24.6 Å². The number of fused-ring (bicyclic) bond motifs is 3. The minimum Gasteiger partial charge on any atom is -0.493 e. The average Bonchev–Trinajstić information content (AvgIpc) is 3.18. The summed E-state index contributed by atoms with van der Waals surface area (Å²) in [4.78, 5) is 23.8. The Balaban J connectivity index is 1.39. The molecule has 172 valence electrons. The van der Waals surface area contributed by atoms with Gasteiger partial charge in [-0.25, -0.2) is 9.59 Å². The minimum absolute atomic E-state index is 0.00984. The second kappa shape index (κ2) is 10.0. The monoisotopic (exact) mass is 457 g/mol. The number of hydrogen-bond acceptors (Lipinski definition) is 5. The quantitative estimate of drug-likeness (QED) is 0.537. The molecule has 3 aromatic rings. The van der Waals surface area contributed by atoms with Gasteiger partial charge in [0.15, 0.2) is 11.5 Å². The highest BCUT2D eigenvalue weighted by atomic mass is 16.5. The van der Waals surface area contributed by atoms with Crippen LogP contribution in [0, 0.1) is 11.8 Å². The molecule has 4 rings (SSSR count). The van der Waals surface area contributed by atoms with Crippen LogP contribution in [0.15, 0.2) is 60.7 Å². The van der Waals surface area contributed by atoms with Gasteiger partial charge in [-0.15, -0.1) is 0 Å². The Labute approximate surface area is 197 Å². The van der Waals surface area contributed by atoms with E-state index < -0.39 is 12.1 Å². The van der Waals surface area contributed by atoms with Gasteiger partial charge in [-0.05, 0) is 28.3 Å². The molecule has 34 heavy (non-hydrogen) atoms. The fourth-order valence-electron chi connectivity index (χ4n) is 4.06. The van der Waals surface area contributed by atoms with Crippen LogP contribution in [-0.2, 0) is 4.74 Å². The first-order chi connectivity index (χ1) is 16.5. The van der Waals surface area contributed by atoms with E-state index in [1.54, 1.807) is 0 Å². The lowest BCUT2D eigenvalue weighted by atomic mass is 9.98. The summed E-state index contributed by atoms with van der Waals surface area (Å²) in [7, 11) is 2.88. The van der Waals surface area contributed by atoms with E-state index in [0.29, 0.717) is 11.5 Å². The van der Waals surface area contributed by atoms with Gasteiger partial charge in [0, 0.05) is 17.5 Å². The molecule has 0 atom stereocenters. The minimum atomic E-state index is -1.14. The van der Waals surface area contributed by atoms with Crippen LogP contribution in [0.5, 0.6) is 11.5 Å². The van der Waals surface area contributed by atoms with Crippen LogP contribution in [0.1, 0.15) is 33.0 Å². The smallest absolute Gasteiger partial charge is 0.407 e. The van der Waals surface area contributed by atoms with Gasteiger partial charge in [-0.1, -0.05) is 60.4 Å². The molecule has 0 saturated heterocycles. The van der Waals surface area contributed by atoms with Gasteiger partial charge >= 0.3 is 12.1 Å². The molecule has 0 unspecified atom stereocenters. The molecule has 1 aliphatic rings. The lowest BCUT2D eigenvalue weighted by Crippen LogP contribution is -2.26. The first-order valence-corrected chi connectivity index (χ1v) is 10.6. The highest BCUT2D eigenvalue weighted by Gasteiger charge is 2.28. The van der Waals surface area contributed by atoms with E-state index in [9.17, 15) is 14.7 Å². The van der Waals surface area contributed by atoms with E-state index in [4.69, 9.17) is 14.2 Å². The Morgan fingerprint density at radius 3 is 2.12 bits per heavy atom. The number of nitrogens with one attached hydrogen (secondary N) is 1. The number of aromatic carboxylic acids is 1. The summed E-state index contributed by atoms with van der Waals surface area (Å²) in [6, 6.07) is 19.0. The van der Waals surface area contributed by atoms with Crippen LogP contribution in [-0.4, -0.2) is 44.5 Å². The van der Waals surface area contributed by atoms with Crippen LogP contribution >= 0.6 is 0 Å². The predicted octanol–water partition coefficient (Wildman–Crippen LogP) is 4.29. The van der Waals surface area contributed by atoms with Crippen LogP contribution in [0.3, 0.4) is 0 Å². The number of carboxylic acids is 1. The molecule has 7 heteroatoms. The van der Waals surface area contributed by atoms with Crippen molar-refractivity contribution in [1.29, 1.82) is 0 Å². The third-order valence-electron chi connectivity index (χ3n) is 5.64. The van der Waals surface area contributed by atoms with Crippen molar-refractivity contribution >= 4 is 12.1 Å². The molecule has 0 aliphatic heterocycles. The highest BCUT2D eigenvalue weighted by molar-refractivity contribution is 5.92. The Bertz CT molecular complexity index is 1260. The molecule has 0 spiro atoms. The summed E-state index contributed by atoms with van der Waals surface area (Å²) in [5.41, 5.74) is 4.80. The molecule has 0 fully saturated rings. The Morgan fingerprint density at radius 1 is 0.941 bits per heavy atom. The Hall–Kier alpha value is -4.44. The van der Waals surface area contributed by atoms with Gasteiger partial charge in [0.1, 0.15) is 6.61 Å². The van der Waals surface area contributed by atoms with Crippen LogP contribution in [0.25, 0.3) is 11.1 Å². The number of amides is 1. The van der Waals surface area contributed by atoms with Gasteiger partial charge in [-0.2, -0.15) is 0 Å². The predicted molar refractivity (Wildman–Crippen MR) is 126 cm³/mol. The summed E-state index contributed by atoms with van der Waals surface area (Å²) < 4.78 is 15.8. The van der Waals surface area contributed by atoms with Crippen LogP contribution in [0.4, 0.5) is 4.79 Å². The van der Waals surface area contributed by atoms with Gasteiger partial charge in [0.05, 0.1) is 26.3 Å². The van der Waals surface area contributed by atoms with Gasteiger partial charge in [0.2, 0.25) is 0 Å². The molecule has 0 saturated carbocycles. The largest absolute Gasteiger partial charge is 0.493 e.